The summed E-state index contributed by atoms with van der Waals surface area (Å²) in [5.74, 6) is -0.498. The molecule has 106 valence electrons. The van der Waals surface area contributed by atoms with Crippen LogP contribution in [-0.4, -0.2) is 26.3 Å². The van der Waals surface area contributed by atoms with E-state index >= 15 is 0 Å². The van der Waals surface area contributed by atoms with Crippen molar-refractivity contribution in [2.75, 3.05) is 20.3 Å². The highest BCUT2D eigenvalue weighted by atomic mass is 79.9. The molecule has 0 aliphatic carbocycles. The Kier molecular flexibility index (Phi) is 5.30. The number of benzene rings is 1. The molecule has 0 aromatic heterocycles. The van der Waals surface area contributed by atoms with E-state index < -0.39 is 11.6 Å². The van der Waals surface area contributed by atoms with Crippen LogP contribution in [0.3, 0.4) is 0 Å². The summed E-state index contributed by atoms with van der Waals surface area (Å²) in [7, 11) is 1.83. The van der Waals surface area contributed by atoms with Gasteiger partial charge in [-0.05, 0) is 60.3 Å². The summed E-state index contributed by atoms with van der Waals surface area (Å²) in [6.07, 6.45) is 2.26. The van der Waals surface area contributed by atoms with E-state index in [9.17, 15) is 8.78 Å². The normalized spacial score (nSPS) is 20.7. The van der Waals surface area contributed by atoms with E-state index in [2.05, 4.69) is 21.2 Å². The number of hydrogen-bond donors (Lipinski definition) is 1. The minimum absolute atomic E-state index is 0.0602. The van der Waals surface area contributed by atoms with Gasteiger partial charge in [0.15, 0.2) is 0 Å². The number of likely N-dealkylation sites (N-methyl/N-ethyl adjacent to an activating group) is 1. The summed E-state index contributed by atoms with van der Waals surface area (Å²) < 4.78 is 33.3. The molecule has 0 amide bonds. The summed E-state index contributed by atoms with van der Waals surface area (Å²) in [6.45, 7) is 1.54. The van der Waals surface area contributed by atoms with Crippen LogP contribution in [0.25, 0.3) is 0 Å². The third kappa shape index (κ3) is 3.74. The third-order valence-electron chi connectivity index (χ3n) is 3.64. The van der Waals surface area contributed by atoms with Crippen molar-refractivity contribution in [1.82, 2.24) is 5.32 Å². The first-order chi connectivity index (χ1) is 9.11. The molecule has 1 aromatic rings. The van der Waals surface area contributed by atoms with Crippen LogP contribution in [0.15, 0.2) is 16.6 Å². The lowest BCUT2D eigenvalue weighted by Crippen LogP contribution is -2.31. The number of rotatable bonds is 5. The minimum Gasteiger partial charge on any atom is -0.381 e. The standard InChI is InChI=1S/C14H18BrF2NO/c1-18-10(6-9-4-5-19-8-9)7-11-13(16)3-2-12(15)14(11)17/h2-3,9-10,18H,4-8H2,1H3. The van der Waals surface area contributed by atoms with Gasteiger partial charge in [-0.15, -0.1) is 0 Å². The van der Waals surface area contributed by atoms with Crippen molar-refractivity contribution in [2.45, 2.75) is 25.3 Å². The third-order valence-corrected chi connectivity index (χ3v) is 4.25. The second-order valence-electron chi connectivity index (χ2n) is 4.98. The molecule has 1 N–H and O–H groups in total. The van der Waals surface area contributed by atoms with Crippen LogP contribution in [0.4, 0.5) is 8.78 Å². The molecule has 0 spiro atoms. The van der Waals surface area contributed by atoms with Crippen molar-refractivity contribution in [3.8, 4) is 0 Å². The van der Waals surface area contributed by atoms with Gasteiger partial charge in [0.05, 0.1) is 4.47 Å². The van der Waals surface area contributed by atoms with Gasteiger partial charge in [-0.3, -0.25) is 0 Å². The van der Waals surface area contributed by atoms with Crippen LogP contribution < -0.4 is 5.32 Å². The topological polar surface area (TPSA) is 21.3 Å². The molecule has 1 saturated heterocycles. The second kappa shape index (κ2) is 6.77. The van der Waals surface area contributed by atoms with Gasteiger partial charge < -0.3 is 10.1 Å². The van der Waals surface area contributed by atoms with E-state index in [4.69, 9.17) is 4.74 Å². The van der Waals surface area contributed by atoms with E-state index in [1.807, 2.05) is 7.05 Å². The molecule has 1 aliphatic heterocycles. The molecule has 0 radical (unpaired) electrons. The second-order valence-corrected chi connectivity index (χ2v) is 5.83. The molecule has 2 unspecified atom stereocenters. The molecule has 0 bridgehead atoms. The first-order valence-electron chi connectivity index (χ1n) is 6.49. The van der Waals surface area contributed by atoms with Gasteiger partial charge in [0.25, 0.3) is 0 Å². The quantitative estimate of drug-likeness (QED) is 0.835. The molecule has 2 rings (SSSR count). The molecule has 1 heterocycles. The Bertz CT molecular complexity index is 436. The Hall–Kier alpha value is -0.520. The van der Waals surface area contributed by atoms with E-state index in [1.165, 1.54) is 12.1 Å². The van der Waals surface area contributed by atoms with Crippen molar-refractivity contribution >= 4 is 15.9 Å². The molecule has 2 nitrogen and oxygen atoms in total. The van der Waals surface area contributed by atoms with E-state index in [0.717, 1.165) is 26.1 Å². The first-order valence-corrected chi connectivity index (χ1v) is 7.28. The fraction of sp³-hybridized carbons (Fsp3) is 0.571. The number of halogens is 3. The lowest BCUT2D eigenvalue weighted by Gasteiger charge is -2.20. The Morgan fingerprint density at radius 1 is 1.47 bits per heavy atom. The maximum Gasteiger partial charge on any atom is 0.143 e. The van der Waals surface area contributed by atoms with Crippen molar-refractivity contribution in [1.29, 1.82) is 0 Å². The van der Waals surface area contributed by atoms with Crippen molar-refractivity contribution < 1.29 is 13.5 Å². The van der Waals surface area contributed by atoms with Crippen LogP contribution in [0, 0.1) is 17.6 Å². The largest absolute Gasteiger partial charge is 0.381 e. The fourth-order valence-corrected chi connectivity index (χ4v) is 2.85. The fourth-order valence-electron chi connectivity index (χ4n) is 2.48. The highest BCUT2D eigenvalue weighted by Crippen LogP contribution is 2.25. The zero-order chi connectivity index (χ0) is 13.8. The van der Waals surface area contributed by atoms with E-state index in [1.54, 1.807) is 0 Å². The molecule has 1 fully saturated rings. The van der Waals surface area contributed by atoms with Gasteiger partial charge in [-0.1, -0.05) is 0 Å². The Morgan fingerprint density at radius 2 is 2.26 bits per heavy atom. The number of nitrogens with one attached hydrogen (secondary N) is 1. The number of hydrogen-bond acceptors (Lipinski definition) is 2. The van der Waals surface area contributed by atoms with E-state index in [-0.39, 0.29) is 11.6 Å². The van der Waals surface area contributed by atoms with Gasteiger partial charge in [-0.25, -0.2) is 8.78 Å². The summed E-state index contributed by atoms with van der Waals surface area (Å²) in [6, 6.07) is 2.76. The molecule has 1 aliphatic rings. The molecular weight excluding hydrogens is 316 g/mol. The smallest absolute Gasteiger partial charge is 0.143 e. The van der Waals surface area contributed by atoms with Crippen LogP contribution in [-0.2, 0) is 11.2 Å². The first kappa shape index (κ1) is 14.9. The van der Waals surface area contributed by atoms with Gasteiger partial charge >= 0.3 is 0 Å². The molecule has 19 heavy (non-hydrogen) atoms. The molecular formula is C14H18BrF2NO. The van der Waals surface area contributed by atoms with E-state index in [0.29, 0.717) is 16.8 Å². The Balaban J connectivity index is 2.07. The highest BCUT2D eigenvalue weighted by molar-refractivity contribution is 9.10. The maximum absolute atomic E-state index is 13.9. The SMILES string of the molecule is CNC(Cc1c(F)ccc(Br)c1F)CC1CCOC1. The van der Waals surface area contributed by atoms with Gasteiger partial charge in [-0.2, -0.15) is 0 Å². The monoisotopic (exact) mass is 333 g/mol. The number of ether oxygens (including phenoxy) is 1. The summed E-state index contributed by atoms with van der Waals surface area (Å²) in [5, 5.41) is 3.15. The van der Waals surface area contributed by atoms with Crippen molar-refractivity contribution in [3.05, 3.63) is 33.8 Å². The predicted molar refractivity (Wildman–Crippen MR) is 74.2 cm³/mol. The maximum atomic E-state index is 13.9. The summed E-state index contributed by atoms with van der Waals surface area (Å²) in [4.78, 5) is 0. The summed E-state index contributed by atoms with van der Waals surface area (Å²) >= 11 is 3.10. The van der Waals surface area contributed by atoms with Gasteiger partial charge in [0, 0.05) is 24.8 Å². The zero-order valence-electron chi connectivity index (χ0n) is 10.9. The average Bonchev–Trinajstić information content (AvgIpc) is 2.90. The molecule has 5 heteroatoms. The Morgan fingerprint density at radius 3 is 2.89 bits per heavy atom. The van der Waals surface area contributed by atoms with Crippen molar-refractivity contribution in [2.24, 2.45) is 5.92 Å². The van der Waals surface area contributed by atoms with Crippen LogP contribution in [0.2, 0.25) is 0 Å². The average molecular weight is 334 g/mol. The minimum atomic E-state index is -0.497. The Labute approximate surface area is 120 Å². The van der Waals surface area contributed by atoms with Crippen molar-refractivity contribution in [3.63, 3.8) is 0 Å². The molecule has 0 saturated carbocycles. The summed E-state index contributed by atoms with van der Waals surface area (Å²) in [5.41, 5.74) is 0.146. The molecule has 1 aromatic carbocycles. The van der Waals surface area contributed by atoms with Gasteiger partial charge in [0.1, 0.15) is 11.6 Å². The highest BCUT2D eigenvalue weighted by Gasteiger charge is 2.22. The lowest BCUT2D eigenvalue weighted by atomic mass is 9.94. The zero-order valence-corrected chi connectivity index (χ0v) is 12.5. The van der Waals surface area contributed by atoms with Crippen LogP contribution in [0.5, 0.6) is 0 Å². The van der Waals surface area contributed by atoms with Crippen LogP contribution in [0.1, 0.15) is 18.4 Å². The van der Waals surface area contributed by atoms with Crippen LogP contribution >= 0.6 is 15.9 Å². The molecule has 2 atom stereocenters. The van der Waals surface area contributed by atoms with Gasteiger partial charge in [0.2, 0.25) is 0 Å². The lowest BCUT2D eigenvalue weighted by molar-refractivity contribution is 0.181. The predicted octanol–water partition coefficient (Wildman–Crippen LogP) is 3.28.